The number of hydrogen-bond donors (Lipinski definition) is 0. The lowest BCUT2D eigenvalue weighted by atomic mass is 9.85. The molecular weight excluding hydrogens is 616 g/mol. The van der Waals surface area contributed by atoms with Crippen molar-refractivity contribution in [2.24, 2.45) is 0 Å². The van der Waals surface area contributed by atoms with Crippen molar-refractivity contribution in [3.63, 3.8) is 0 Å². The SMILES string of the molecule is Brc1ccc2c(-c3ccc(-c4ccccc4)cc3)c3cc(Br)ccc3c(-c3ccc(-c4ccccc4)cc3)c2c1. The molecule has 0 aliphatic heterocycles. The maximum absolute atomic E-state index is 3.77. The van der Waals surface area contributed by atoms with E-state index in [9.17, 15) is 0 Å². The molecular formula is C38H24Br2. The zero-order valence-electron chi connectivity index (χ0n) is 21.6. The van der Waals surface area contributed by atoms with Gasteiger partial charge < -0.3 is 0 Å². The molecule has 0 unspecified atom stereocenters. The van der Waals surface area contributed by atoms with Crippen LogP contribution >= 0.6 is 31.9 Å². The molecule has 0 saturated heterocycles. The Morgan fingerprint density at radius 1 is 0.275 bits per heavy atom. The third-order valence-corrected chi connectivity index (χ3v) is 8.59. The minimum absolute atomic E-state index is 1.07. The largest absolute Gasteiger partial charge is 0.0622 e. The van der Waals surface area contributed by atoms with Crippen LogP contribution < -0.4 is 0 Å². The van der Waals surface area contributed by atoms with Gasteiger partial charge in [0.25, 0.3) is 0 Å². The standard InChI is InChI=1S/C38H24Br2/c39-31-20-22-34-35(23-31)37(29-15-11-27(12-16-29)25-7-3-1-4-8-25)33-21-19-32(40)24-36(33)38(34)30-17-13-28(14-18-30)26-9-5-2-6-10-26/h1-24H. The normalized spacial score (nSPS) is 11.2. The van der Waals surface area contributed by atoms with Crippen molar-refractivity contribution >= 4 is 53.4 Å². The third kappa shape index (κ3) is 4.58. The molecule has 0 radical (unpaired) electrons. The predicted molar refractivity (Wildman–Crippen MR) is 179 cm³/mol. The Kier molecular flexibility index (Phi) is 6.59. The summed E-state index contributed by atoms with van der Waals surface area (Å²) in [5, 5.41) is 4.95. The molecule has 0 amide bonds. The van der Waals surface area contributed by atoms with Crippen molar-refractivity contribution in [1.29, 1.82) is 0 Å². The molecule has 190 valence electrons. The van der Waals surface area contributed by atoms with E-state index in [4.69, 9.17) is 0 Å². The fourth-order valence-electron chi connectivity index (χ4n) is 5.71. The highest BCUT2D eigenvalue weighted by atomic mass is 79.9. The van der Waals surface area contributed by atoms with E-state index in [0.29, 0.717) is 0 Å². The van der Waals surface area contributed by atoms with E-state index in [2.05, 4.69) is 177 Å². The number of fused-ring (bicyclic) bond motifs is 2. The summed E-state index contributed by atoms with van der Waals surface area (Å²) < 4.78 is 2.15. The van der Waals surface area contributed by atoms with Crippen LogP contribution in [-0.2, 0) is 0 Å². The van der Waals surface area contributed by atoms with Crippen LogP contribution in [0.2, 0.25) is 0 Å². The van der Waals surface area contributed by atoms with E-state index in [1.165, 1.54) is 66.1 Å². The van der Waals surface area contributed by atoms with Gasteiger partial charge in [0, 0.05) is 8.95 Å². The molecule has 0 atom stereocenters. The van der Waals surface area contributed by atoms with Gasteiger partial charge in [0.15, 0.2) is 0 Å². The van der Waals surface area contributed by atoms with Crippen molar-refractivity contribution in [2.75, 3.05) is 0 Å². The summed E-state index contributed by atoms with van der Waals surface area (Å²) >= 11 is 7.53. The van der Waals surface area contributed by atoms with Crippen molar-refractivity contribution in [1.82, 2.24) is 0 Å². The van der Waals surface area contributed by atoms with Gasteiger partial charge in [0.2, 0.25) is 0 Å². The van der Waals surface area contributed by atoms with Gasteiger partial charge in [0.1, 0.15) is 0 Å². The smallest absolute Gasteiger partial charge is 0.0181 e. The molecule has 0 aliphatic rings. The predicted octanol–water partition coefficient (Wildman–Crippen LogP) is 12.2. The minimum Gasteiger partial charge on any atom is -0.0622 e. The molecule has 2 heteroatoms. The van der Waals surface area contributed by atoms with Gasteiger partial charge in [-0.15, -0.1) is 0 Å². The minimum atomic E-state index is 1.07. The van der Waals surface area contributed by atoms with Gasteiger partial charge in [-0.3, -0.25) is 0 Å². The number of rotatable bonds is 4. The molecule has 0 aromatic heterocycles. The zero-order valence-corrected chi connectivity index (χ0v) is 24.8. The average molecular weight is 640 g/mol. The maximum atomic E-state index is 3.77. The number of benzene rings is 7. The van der Waals surface area contributed by atoms with Crippen LogP contribution in [0.3, 0.4) is 0 Å². The Labute approximate surface area is 251 Å². The maximum Gasteiger partial charge on any atom is 0.0181 e. The van der Waals surface area contributed by atoms with Crippen LogP contribution in [0.5, 0.6) is 0 Å². The van der Waals surface area contributed by atoms with Crippen molar-refractivity contribution in [2.45, 2.75) is 0 Å². The molecule has 0 bridgehead atoms. The van der Waals surface area contributed by atoms with Crippen molar-refractivity contribution in [3.8, 4) is 44.5 Å². The van der Waals surface area contributed by atoms with Crippen LogP contribution in [0.15, 0.2) is 155 Å². The first-order valence-corrected chi connectivity index (χ1v) is 14.9. The Bertz CT molecular complexity index is 1830. The molecule has 0 saturated carbocycles. The lowest BCUT2D eigenvalue weighted by Crippen LogP contribution is -1.92. The number of halogens is 2. The quantitative estimate of drug-likeness (QED) is 0.168. The molecule has 0 fully saturated rings. The van der Waals surface area contributed by atoms with E-state index >= 15 is 0 Å². The Morgan fingerprint density at radius 3 is 0.975 bits per heavy atom. The average Bonchev–Trinajstić information content (AvgIpc) is 3.01. The molecule has 7 aromatic rings. The van der Waals surface area contributed by atoms with E-state index in [-0.39, 0.29) is 0 Å². The number of hydrogen-bond acceptors (Lipinski definition) is 0. The molecule has 0 spiro atoms. The molecule has 7 rings (SSSR count). The first kappa shape index (κ1) is 25.0. The summed E-state index contributed by atoms with van der Waals surface area (Å²) in [6, 6.07) is 52.4. The lowest BCUT2D eigenvalue weighted by Gasteiger charge is -2.19. The second-order valence-corrected chi connectivity index (χ2v) is 11.8. The van der Waals surface area contributed by atoms with Gasteiger partial charge in [-0.05, 0) is 90.3 Å². The first-order valence-electron chi connectivity index (χ1n) is 13.3. The van der Waals surface area contributed by atoms with Gasteiger partial charge in [-0.1, -0.05) is 153 Å². The Morgan fingerprint density at radius 2 is 0.600 bits per heavy atom. The highest BCUT2D eigenvalue weighted by Gasteiger charge is 2.18. The van der Waals surface area contributed by atoms with Gasteiger partial charge in [-0.25, -0.2) is 0 Å². The summed E-state index contributed by atoms with van der Waals surface area (Å²) in [6.07, 6.45) is 0. The van der Waals surface area contributed by atoms with Gasteiger partial charge >= 0.3 is 0 Å². The second-order valence-electron chi connectivity index (χ2n) is 10.0. The fourth-order valence-corrected chi connectivity index (χ4v) is 6.44. The second kappa shape index (κ2) is 10.5. The van der Waals surface area contributed by atoms with Crippen molar-refractivity contribution < 1.29 is 0 Å². The van der Waals surface area contributed by atoms with Crippen LogP contribution in [0.1, 0.15) is 0 Å². The van der Waals surface area contributed by atoms with Crippen LogP contribution in [-0.4, -0.2) is 0 Å². The van der Waals surface area contributed by atoms with E-state index < -0.39 is 0 Å². The monoisotopic (exact) mass is 638 g/mol. The van der Waals surface area contributed by atoms with Crippen molar-refractivity contribution in [3.05, 3.63) is 155 Å². The Hall–Kier alpha value is -3.98. The highest BCUT2D eigenvalue weighted by molar-refractivity contribution is 9.10. The molecule has 40 heavy (non-hydrogen) atoms. The van der Waals surface area contributed by atoms with Gasteiger partial charge in [0.05, 0.1) is 0 Å². The third-order valence-electron chi connectivity index (χ3n) is 7.60. The van der Waals surface area contributed by atoms with Crippen LogP contribution in [0, 0.1) is 0 Å². The summed E-state index contributed by atoms with van der Waals surface area (Å²) in [6.45, 7) is 0. The molecule has 7 aromatic carbocycles. The Balaban J connectivity index is 1.47. The summed E-state index contributed by atoms with van der Waals surface area (Å²) in [4.78, 5) is 0. The van der Waals surface area contributed by atoms with E-state index in [0.717, 1.165) is 8.95 Å². The summed E-state index contributed by atoms with van der Waals surface area (Å²) in [5.74, 6) is 0. The van der Waals surface area contributed by atoms with E-state index in [1.807, 2.05) is 0 Å². The van der Waals surface area contributed by atoms with Crippen LogP contribution in [0.25, 0.3) is 66.1 Å². The van der Waals surface area contributed by atoms with E-state index in [1.54, 1.807) is 0 Å². The fraction of sp³-hybridized carbons (Fsp3) is 0. The lowest BCUT2D eigenvalue weighted by molar-refractivity contribution is 1.60. The summed E-state index contributed by atoms with van der Waals surface area (Å²) in [5.41, 5.74) is 9.82. The molecule has 0 aliphatic carbocycles. The highest BCUT2D eigenvalue weighted by Crippen LogP contribution is 2.45. The summed E-state index contributed by atoms with van der Waals surface area (Å²) in [7, 11) is 0. The van der Waals surface area contributed by atoms with Gasteiger partial charge in [-0.2, -0.15) is 0 Å². The van der Waals surface area contributed by atoms with Crippen LogP contribution in [0.4, 0.5) is 0 Å². The topological polar surface area (TPSA) is 0 Å². The molecule has 0 nitrogen and oxygen atoms in total. The molecule has 0 N–H and O–H groups in total. The first-order chi connectivity index (χ1) is 19.7. The molecule has 0 heterocycles. The zero-order chi connectivity index (χ0) is 27.1.